The predicted octanol–water partition coefficient (Wildman–Crippen LogP) is 2.91. The summed E-state index contributed by atoms with van der Waals surface area (Å²) in [7, 11) is 4.68. The third-order valence-corrected chi connectivity index (χ3v) is 4.82. The fourth-order valence-corrected chi connectivity index (χ4v) is 3.55. The molecule has 6 nitrogen and oxygen atoms in total. The zero-order chi connectivity index (χ0) is 18.8. The van der Waals surface area contributed by atoms with Crippen LogP contribution >= 0.6 is 0 Å². The normalized spacial score (nSPS) is 16.0. The number of fused-ring (bicyclic) bond motifs is 1. The summed E-state index contributed by atoms with van der Waals surface area (Å²) < 4.78 is 16.1. The molecule has 1 aliphatic rings. The van der Waals surface area contributed by atoms with Crippen LogP contribution in [0.4, 0.5) is 0 Å². The van der Waals surface area contributed by atoms with Crippen LogP contribution in [0.5, 0.6) is 23.0 Å². The lowest BCUT2D eigenvalue weighted by molar-refractivity contribution is -0.130. The average molecular weight is 357 g/mol. The van der Waals surface area contributed by atoms with E-state index in [1.54, 1.807) is 31.3 Å². The van der Waals surface area contributed by atoms with Crippen molar-refractivity contribution in [2.24, 2.45) is 0 Å². The molecule has 0 unspecified atom stereocenters. The van der Waals surface area contributed by atoms with Crippen molar-refractivity contribution in [2.75, 3.05) is 27.9 Å². The van der Waals surface area contributed by atoms with Gasteiger partial charge in [-0.05, 0) is 35.7 Å². The van der Waals surface area contributed by atoms with Crippen LogP contribution < -0.4 is 14.2 Å². The Labute approximate surface area is 152 Å². The van der Waals surface area contributed by atoms with E-state index in [4.69, 9.17) is 14.2 Å². The van der Waals surface area contributed by atoms with E-state index in [0.29, 0.717) is 35.8 Å². The number of rotatable bonds is 4. The van der Waals surface area contributed by atoms with Gasteiger partial charge in [0.15, 0.2) is 23.0 Å². The van der Waals surface area contributed by atoms with Gasteiger partial charge in [-0.15, -0.1) is 0 Å². The summed E-state index contributed by atoms with van der Waals surface area (Å²) in [5.41, 5.74) is 2.59. The van der Waals surface area contributed by atoms with Crippen LogP contribution in [0.1, 0.15) is 29.7 Å². The highest BCUT2D eigenvalue weighted by Crippen LogP contribution is 2.45. The van der Waals surface area contributed by atoms with Crippen molar-refractivity contribution in [1.82, 2.24) is 4.90 Å². The van der Waals surface area contributed by atoms with Gasteiger partial charge in [0.25, 0.3) is 0 Å². The van der Waals surface area contributed by atoms with Crippen LogP contribution in [0, 0.1) is 0 Å². The number of carbonyl (C=O) groups excluding carboxylic acids is 1. The number of hydrogen-bond acceptors (Lipinski definition) is 5. The molecule has 26 heavy (non-hydrogen) atoms. The maximum absolute atomic E-state index is 12.3. The van der Waals surface area contributed by atoms with E-state index >= 15 is 0 Å². The third-order valence-electron chi connectivity index (χ3n) is 4.82. The molecule has 0 spiro atoms. The number of para-hydroxylation sites is 1. The summed E-state index contributed by atoms with van der Waals surface area (Å²) in [6.07, 6.45) is 0.705. The smallest absolute Gasteiger partial charge is 0.220 e. The molecule has 2 aromatic carbocycles. The maximum atomic E-state index is 12.3. The number of carbonyl (C=O) groups is 1. The van der Waals surface area contributed by atoms with E-state index in [2.05, 4.69) is 0 Å². The Morgan fingerprint density at radius 1 is 1.04 bits per heavy atom. The van der Waals surface area contributed by atoms with E-state index in [0.717, 1.165) is 11.1 Å². The van der Waals surface area contributed by atoms with Gasteiger partial charge in [-0.2, -0.15) is 0 Å². The monoisotopic (exact) mass is 357 g/mol. The molecule has 0 aliphatic carbocycles. The van der Waals surface area contributed by atoms with E-state index < -0.39 is 6.04 Å². The number of phenolic OH excluding ortho intramolecular Hbond substituents is 1. The quantitative estimate of drug-likeness (QED) is 0.911. The van der Waals surface area contributed by atoms with Gasteiger partial charge in [0.1, 0.15) is 0 Å². The van der Waals surface area contributed by atoms with Gasteiger partial charge in [0, 0.05) is 19.0 Å². The summed E-state index contributed by atoms with van der Waals surface area (Å²) in [5.74, 6) is 1.59. The SMILES string of the molecule is COc1cc2c(cc1OC)[C@H](c1cccc(OC)c1O)N(C(C)=O)CC2. The second kappa shape index (κ2) is 7.15. The van der Waals surface area contributed by atoms with E-state index in [9.17, 15) is 9.90 Å². The lowest BCUT2D eigenvalue weighted by Crippen LogP contribution is -2.39. The second-order valence-electron chi connectivity index (χ2n) is 6.17. The van der Waals surface area contributed by atoms with E-state index in [-0.39, 0.29) is 11.7 Å². The molecule has 0 fully saturated rings. The molecule has 2 aromatic rings. The highest BCUT2D eigenvalue weighted by Gasteiger charge is 2.34. The molecule has 1 atom stereocenters. The highest BCUT2D eigenvalue weighted by atomic mass is 16.5. The third kappa shape index (κ3) is 2.92. The number of nitrogens with zero attached hydrogens (tertiary/aromatic N) is 1. The molecule has 1 heterocycles. The van der Waals surface area contributed by atoms with Gasteiger partial charge < -0.3 is 24.2 Å². The topological polar surface area (TPSA) is 68.2 Å². The Hall–Kier alpha value is -2.89. The van der Waals surface area contributed by atoms with Crippen molar-refractivity contribution in [3.63, 3.8) is 0 Å². The fourth-order valence-electron chi connectivity index (χ4n) is 3.55. The van der Waals surface area contributed by atoms with Crippen molar-refractivity contribution in [3.8, 4) is 23.0 Å². The number of methoxy groups -OCH3 is 3. The van der Waals surface area contributed by atoms with Gasteiger partial charge in [-0.25, -0.2) is 0 Å². The lowest BCUT2D eigenvalue weighted by atomic mass is 9.87. The minimum Gasteiger partial charge on any atom is -0.504 e. The van der Waals surface area contributed by atoms with Crippen molar-refractivity contribution in [2.45, 2.75) is 19.4 Å². The van der Waals surface area contributed by atoms with Gasteiger partial charge in [0.05, 0.1) is 27.4 Å². The number of aromatic hydroxyl groups is 1. The first-order valence-electron chi connectivity index (χ1n) is 8.39. The van der Waals surface area contributed by atoms with Gasteiger partial charge in [-0.3, -0.25) is 4.79 Å². The van der Waals surface area contributed by atoms with Crippen LogP contribution in [0.3, 0.4) is 0 Å². The summed E-state index contributed by atoms with van der Waals surface area (Å²) >= 11 is 0. The summed E-state index contributed by atoms with van der Waals surface area (Å²) in [5, 5.41) is 10.7. The van der Waals surface area contributed by atoms with Crippen molar-refractivity contribution < 1.29 is 24.1 Å². The van der Waals surface area contributed by atoms with Crippen LogP contribution in [0.2, 0.25) is 0 Å². The van der Waals surface area contributed by atoms with E-state index in [1.165, 1.54) is 14.0 Å². The minimum atomic E-state index is -0.425. The first-order valence-corrected chi connectivity index (χ1v) is 8.39. The molecule has 1 N–H and O–H groups in total. The van der Waals surface area contributed by atoms with Crippen molar-refractivity contribution >= 4 is 5.91 Å². The number of benzene rings is 2. The summed E-state index contributed by atoms with van der Waals surface area (Å²) in [4.78, 5) is 14.0. The Bertz CT molecular complexity index is 833. The first-order chi connectivity index (χ1) is 12.5. The van der Waals surface area contributed by atoms with Gasteiger partial charge >= 0.3 is 0 Å². The largest absolute Gasteiger partial charge is 0.504 e. The Balaban J connectivity index is 2.23. The molecule has 1 aliphatic heterocycles. The van der Waals surface area contributed by atoms with Crippen LogP contribution in [-0.2, 0) is 11.2 Å². The molecule has 138 valence electrons. The second-order valence-corrected chi connectivity index (χ2v) is 6.17. The van der Waals surface area contributed by atoms with Gasteiger partial charge in [-0.1, -0.05) is 12.1 Å². The standard InChI is InChI=1S/C20H23NO5/c1-12(22)21-9-8-13-10-17(25-3)18(26-4)11-15(13)19(21)14-6-5-7-16(24-2)20(14)23/h5-7,10-11,19,23H,8-9H2,1-4H3/t19-/m0/s1. The molecule has 0 aromatic heterocycles. The van der Waals surface area contributed by atoms with Crippen LogP contribution in [0.25, 0.3) is 0 Å². The lowest BCUT2D eigenvalue weighted by Gasteiger charge is -2.38. The molecular formula is C20H23NO5. The molecule has 1 amide bonds. The number of ether oxygens (including phenoxy) is 3. The van der Waals surface area contributed by atoms with Crippen LogP contribution in [-0.4, -0.2) is 43.8 Å². The zero-order valence-electron chi connectivity index (χ0n) is 15.4. The molecular weight excluding hydrogens is 334 g/mol. The molecule has 0 saturated heterocycles. The summed E-state index contributed by atoms with van der Waals surface area (Å²) in [6.45, 7) is 2.09. The van der Waals surface area contributed by atoms with Crippen LogP contribution in [0.15, 0.2) is 30.3 Å². The zero-order valence-corrected chi connectivity index (χ0v) is 15.4. The molecule has 0 radical (unpaired) electrons. The van der Waals surface area contributed by atoms with Crippen molar-refractivity contribution in [1.29, 1.82) is 0 Å². The van der Waals surface area contributed by atoms with Gasteiger partial charge in [0.2, 0.25) is 5.91 Å². The minimum absolute atomic E-state index is 0.0360. The number of phenols is 1. The number of amides is 1. The Morgan fingerprint density at radius 2 is 1.69 bits per heavy atom. The average Bonchev–Trinajstić information content (AvgIpc) is 2.66. The molecule has 0 saturated carbocycles. The predicted molar refractivity (Wildman–Crippen MR) is 97.1 cm³/mol. The molecule has 6 heteroatoms. The molecule has 3 rings (SSSR count). The Morgan fingerprint density at radius 3 is 2.31 bits per heavy atom. The number of hydrogen-bond donors (Lipinski definition) is 1. The highest BCUT2D eigenvalue weighted by molar-refractivity contribution is 5.76. The maximum Gasteiger partial charge on any atom is 0.220 e. The fraction of sp³-hybridized carbons (Fsp3) is 0.350. The molecule has 0 bridgehead atoms. The van der Waals surface area contributed by atoms with E-state index in [1.807, 2.05) is 18.2 Å². The summed E-state index contributed by atoms with van der Waals surface area (Å²) in [6, 6.07) is 8.70. The van der Waals surface area contributed by atoms with Crippen molar-refractivity contribution in [3.05, 3.63) is 47.0 Å². The first kappa shape index (κ1) is 17.9. The Kier molecular flexibility index (Phi) is 4.93.